The summed E-state index contributed by atoms with van der Waals surface area (Å²) in [5.41, 5.74) is 4.11. The second kappa shape index (κ2) is 14.1. The number of nitrogens with zero attached hydrogens (tertiary/aromatic N) is 1. The summed E-state index contributed by atoms with van der Waals surface area (Å²) in [6, 6.07) is 14.1. The van der Waals surface area contributed by atoms with Gasteiger partial charge in [0.2, 0.25) is 5.51 Å². The van der Waals surface area contributed by atoms with Crippen LogP contribution in [-0.2, 0) is 30.7 Å². The quantitative estimate of drug-likeness (QED) is 0.0804. The first-order chi connectivity index (χ1) is 22.7. The highest BCUT2D eigenvalue weighted by atomic mass is 32.1. The van der Waals surface area contributed by atoms with E-state index in [1.54, 1.807) is 0 Å². The van der Waals surface area contributed by atoms with Crippen LogP contribution in [0.1, 0.15) is 33.7 Å². The standard InChI is InChI=1S/C30H25F17NOS/c1-18-22(50-17-48(18)15-20-5-3-2-4-6-20)12-14-49-16-21-9-7-19(8-10-21)11-13-23(31,32)24(33,34)25(35,36)26(37,38)27(39,40)28(41,42)29(43,44)30(45,46)47/h2-10,17H,11-16H2,1H3/q+1. The molecule has 0 aliphatic carbocycles. The summed E-state index contributed by atoms with van der Waals surface area (Å²) >= 11 is 1.50. The molecule has 50 heavy (non-hydrogen) atoms. The molecule has 0 atom stereocenters. The van der Waals surface area contributed by atoms with Crippen molar-refractivity contribution in [3.8, 4) is 0 Å². The van der Waals surface area contributed by atoms with E-state index in [1.165, 1.54) is 23.5 Å². The largest absolute Gasteiger partial charge is 0.460 e. The van der Waals surface area contributed by atoms with E-state index in [4.69, 9.17) is 4.74 Å². The Hall–Kier alpha value is -3.16. The minimum absolute atomic E-state index is 0.0452. The van der Waals surface area contributed by atoms with Crippen LogP contribution >= 0.6 is 11.3 Å². The molecule has 1 aromatic heterocycles. The highest BCUT2D eigenvalue weighted by molar-refractivity contribution is 7.09. The van der Waals surface area contributed by atoms with E-state index in [2.05, 4.69) is 0 Å². The summed E-state index contributed by atoms with van der Waals surface area (Å²) in [4.78, 5) is 1.02. The van der Waals surface area contributed by atoms with Crippen LogP contribution in [0, 0.1) is 6.92 Å². The van der Waals surface area contributed by atoms with Gasteiger partial charge in [-0.05, 0) is 17.5 Å². The fourth-order valence-corrected chi connectivity index (χ4v) is 5.42. The lowest BCUT2D eigenvalue weighted by atomic mass is 9.87. The van der Waals surface area contributed by atoms with Crippen LogP contribution in [0.15, 0.2) is 60.1 Å². The fraction of sp³-hybridized carbons (Fsp3) is 0.500. The van der Waals surface area contributed by atoms with Gasteiger partial charge in [-0.25, -0.2) is 0 Å². The third-order valence-electron chi connectivity index (χ3n) is 7.63. The number of ether oxygens (including phenoxy) is 1. The summed E-state index contributed by atoms with van der Waals surface area (Å²) in [7, 11) is 0. The summed E-state index contributed by atoms with van der Waals surface area (Å²) in [6.07, 6.45) is -11.1. The van der Waals surface area contributed by atoms with Crippen molar-refractivity contribution < 1.29 is 83.9 Å². The summed E-state index contributed by atoms with van der Waals surface area (Å²) in [5.74, 6) is -56.3. The first kappa shape index (κ1) is 41.3. The number of hydrogen-bond donors (Lipinski definition) is 0. The predicted octanol–water partition coefficient (Wildman–Crippen LogP) is 10.1. The van der Waals surface area contributed by atoms with Crippen molar-refractivity contribution in [3.63, 3.8) is 0 Å². The fourth-order valence-electron chi connectivity index (χ4n) is 4.44. The minimum Gasteiger partial charge on any atom is -0.376 e. The van der Waals surface area contributed by atoms with Gasteiger partial charge < -0.3 is 4.74 Å². The predicted molar refractivity (Wildman–Crippen MR) is 144 cm³/mol. The maximum absolute atomic E-state index is 14.2. The first-order valence-electron chi connectivity index (χ1n) is 14.0. The van der Waals surface area contributed by atoms with E-state index >= 15 is 0 Å². The van der Waals surface area contributed by atoms with E-state index < -0.39 is 60.5 Å². The number of aromatic nitrogens is 1. The number of aryl methyl sites for hydroxylation is 1. The van der Waals surface area contributed by atoms with Gasteiger partial charge in [-0.2, -0.15) is 79.2 Å². The van der Waals surface area contributed by atoms with E-state index in [0.717, 1.165) is 28.3 Å². The molecule has 0 saturated carbocycles. The van der Waals surface area contributed by atoms with Crippen LogP contribution in [0.3, 0.4) is 0 Å². The van der Waals surface area contributed by atoms with Gasteiger partial charge in [-0.1, -0.05) is 65.9 Å². The van der Waals surface area contributed by atoms with Gasteiger partial charge in [0.05, 0.1) is 18.1 Å². The topological polar surface area (TPSA) is 13.1 Å². The number of hydrogen-bond acceptors (Lipinski definition) is 2. The zero-order chi connectivity index (χ0) is 38.2. The maximum atomic E-state index is 14.2. The third kappa shape index (κ3) is 7.41. The lowest BCUT2D eigenvalue weighted by molar-refractivity contribution is -0.689. The number of thiazole rings is 1. The number of benzene rings is 2. The lowest BCUT2D eigenvalue weighted by Crippen LogP contribution is -2.74. The maximum Gasteiger partial charge on any atom is 0.460 e. The van der Waals surface area contributed by atoms with Gasteiger partial charge in [0.25, 0.3) is 0 Å². The van der Waals surface area contributed by atoms with Crippen LogP contribution < -0.4 is 4.57 Å². The van der Waals surface area contributed by atoms with Crippen molar-refractivity contribution in [2.45, 2.75) is 87.0 Å². The molecule has 20 heteroatoms. The van der Waals surface area contributed by atoms with Crippen LogP contribution in [-0.4, -0.2) is 54.2 Å². The van der Waals surface area contributed by atoms with E-state index in [-0.39, 0.29) is 18.8 Å². The normalized spacial score (nSPS) is 14.4. The molecule has 0 amide bonds. The molecule has 0 N–H and O–H groups in total. The third-order valence-corrected chi connectivity index (χ3v) is 8.78. The van der Waals surface area contributed by atoms with E-state index in [9.17, 15) is 74.6 Å². The average Bonchev–Trinajstić information content (AvgIpc) is 3.36. The van der Waals surface area contributed by atoms with Gasteiger partial charge >= 0.3 is 47.6 Å². The van der Waals surface area contributed by atoms with E-state index in [1.807, 2.05) is 47.3 Å². The molecule has 0 radical (unpaired) electrons. The van der Waals surface area contributed by atoms with Crippen LogP contribution in [0.5, 0.6) is 0 Å². The molecule has 0 bridgehead atoms. The zero-order valence-electron chi connectivity index (χ0n) is 25.2. The number of alkyl halides is 17. The van der Waals surface area contributed by atoms with Gasteiger partial charge in [0.15, 0.2) is 12.2 Å². The van der Waals surface area contributed by atoms with Crippen LogP contribution in [0.4, 0.5) is 74.6 Å². The van der Waals surface area contributed by atoms with Crippen LogP contribution in [0.2, 0.25) is 0 Å². The molecule has 0 fully saturated rings. The van der Waals surface area contributed by atoms with Crippen molar-refractivity contribution in [2.75, 3.05) is 6.61 Å². The van der Waals surface area contributed by atoms with Gasteiger partial charge in [0.1, 0.15) is 0 Å². The molecular formula is C30H25F17NOS+. The molecule has 3 aromatic rings. The Labute approximate surface area is 276 Å². The van der Waals surface area contributed by atoms with Crippen molar-refractivity contribution in [1.29, 1.82) is 0 Å². The summed E-state index contributed by atoms with van der Waals surface area (Å²) in [5, 5.41) is 0. The molecule has 1 heterocycles. The van der Waals surface area contributed by atoms with Gasteiger partial charge in [-0.3, -0.25) is 0 Å². The molecule has 3 rings (SSSR count). The summed E-state index contributed by atoms with van der Waals surface area (Å²) < 4.78 is 237. The Bertz CT molecular complexity index is 1570. The van der Waals surface area contributed by atoms with Crippen molar-refractivity contribution in [2.24, 2.45) is 0 Å². The molecule has 2 aromatic carbocycles. The average molecular weight is 771 g/mol. The smallest absolute Gasteiger partial charge is 0.376 e. The Morgan fingerprint density at radius 3 is 1.56 bits per heavy atom. The lowest BCUT2D eigenvalue weighted by Gasteiger charge is -2.42. The van der Waals surface area contributed by atoms with Crippen molar-refractivity contribution in [3.05, 3.63) is 87.4 Å². The molecule has 2 nitrogen and oxygen atoms in total. The highest BCUT2D eigenvalue weighted by Gasteiger charge is 2.95. The minimum atomic E-state index is -8.63. The Morgan fingerprint density at radius 2 is 1.04 bits per heavy atom. The highest BCUT2D eigenvalue weighted by Crippen LogP contribution is 2.64. The second-order valence-corrected chi connectivity index (χ2v) is 12.1. The second-order valence-electron chi connectivity index (χ2n) is 11.1. The molecule has 0 unspecified atom stereocenters. The van der Waals surface area contributed by atoms with E-state index in [0.29, 0.717) is 18.5 Å². The SMILES string of the molecule is Cc1c(CCOCc2ccc(CCC(F)(F)C(F)(F)C(F)(F)C(F)(F)C(F)(F)C(F)(F)C(F)(F)C(F)(F)F)cc2)sc[n+]1Cc1ccccc1. The Balaban J connectivity index is 1.62. The monoisotopic (exact) mass is 770 g/mol. The van der Waals surface area contributed by atoms with Crippen molar-refractivity contribution in [1.82, 2.24) is 0 Å². The van der Waals surface area contributed by atoms with Crippen LogP contribution in [0.25, 0.3) is 0 Å². The Morgan fingerprint density at radius 1 is 0.560 bits per heavy atom. The molecule has 0 spiro atoms. The summed E-state index contributed by atoms with van der Waals surface area (Å²) in [6.45, 7) is 2.76. The molecule has 0 saturated heterocycles. The first-order valence-corrected chi connectivity index (χ1v) is 14.9. The van der Waals surface area contributed by atoms with Gasteiger partial charge in [0, 0.05) is 25.3 Å². The zero-order valence-corrected chi connectivity index (χ0v) is 26.0. The van der Waals surface area contributed by atoms with Gasteiger partial charge in [-0.15, -0.1) is 0 Å². The molecule has 0 aliphatic heterocycles. The van der Waals surface area contributed by atoms with Crippen molar-refractivity contribution >= 4 is 11.3 Å². The number of halogens is 17. The molecular weight excluding hydrogens is 745 g/mol. The Kier molecular flexibility index (Phi) is 11.6. The molecule has 0 aliphatic rings. The number of rotatable bonds is 16. The molecule has 280 valence electrons.